The van der Waals surface area contributed by atoms with Crippen LogP contribution in [-0.2, 0) is 33.2 Å². The minimum absolute atomic E-state index is 0.259. The molecule has 0 aromatic carbocycles. The lowest BCUT2D eigenvalue weighted by Gasteiger charge is -2.46. The Morgan fingerprint density at radius 3 is 1.38 bits per heavy atom. The number of ether oxygens (including phenoxy) is 7. The molecule has 20 heteroatoms. The van der Waals surface area contributed by atoms with Crippen molar-refractivity contribution in [3.8, 4) is 0 Å². The minimum Gasteiger partial charge on any atom is -0.394 e. The molecule has 13 N–H and O–H groups in total. The van der Waals surface area contributed by atoms with Gasteiger partial charge in [0.2, 0.25) is 0 Å². The van der Waals surface area contributed by atoms with E-state index in [2.05, 4.69) is 0 Å². The first kappa shape index (κ1) is 39.0. The summed E-state index contributed by atoms with van der Waals surface area (Å²) in [5.74, 6) is -0.259. The SMILES string of the molecule is CC(C)[C@H]1OC(CO[C@H]2OC(CO[C@H]3OC(CO)[C@@H](O)[C@H](O)C3O[C@H]3OC(CO)[C@@H](O)[C@H](O)C3O)[C@@H](O)[C@H](O)C2O)[C@@H](O)[C@H](O)C1O. The first-order valence-corrected chi connectivity index (χ1v) is 15.3. The molecule has 8 unspecified atom stereocenters. The Morgan fingerprint density at radius 2 is 0.851 bits per heavy atom. The fraction of sp³-hybridized carbons (Fsp3) is 1.00. The predicted octanol–water partition coefficient (Wildman–Crippen LogP) is -8.04. The van der Waals surface area contributed by atoms with Crippen LogP contribution in [0, 0.1) is 5.92 Å². The van der Waals surface area contributed by atoms with Crippen molar-refractivity contribution < 1.29 is 99.5 Å². The van der Waals surface area contributed by atoms with Gasteiger partial charge in [0.05, 0.1) is 32.5 Å². The molecule has 276 valence electrons. The zero-order valence-electron chi connectivity index (χ0n) is 25.6. The van der Waals surface area contributed by atoms with E-state index in [4.69, 9.17) is 33.2 Å². The maximum Gasteiger partial charge on any atom is 0.187 e. The topological polar surface area (TPSA) is 328 Å². The van der Waals surface area contributed by atoms with Crippen LogP contribution in [0.3, 0.4) is 0 Å². The lowest BCUT2D eigenvalue weighted by Crippen LogP contribution is -2.65. The normalized spacial score (nSPS) is 51.3. The van der Waals surface area contributed by atoms with Gasteiger partial charge in [0.15, 0.2) is 18.9 Å². The van der Waals surface area contributed by atoms with Crippen molar-refractivity contribution in [3.05, 3.63) is 0 Å². The third kappa shape index (κ3) is 8.24. The maximum atomic E-state index is 10.8. The summed E-state index contributed by atoms with van der Waals surface area (Å²) in [6, 6.07) is 0. The second kappa shape index (κ2) is 16.5. The lowest BCUT2D eigenvalue weighted by atomic mass is 9.89. The predicted molar refractivity (Wildman–Crippen MR) is 147 cm³/mol. The molecular weight excluding hydrogens is 644 g/mol. The van der Waals surface area contributed by atoms with Gasteiger partial charge in [-0.2, -0.15) is 0 Å². The maximum absolute atomic E-state index is 10.8. The van der Waals surface area contributed by atoms with Crippen LogP contribution in [0.2, 0.25) is 0 Å². The summed E-state index contributed by atoms with van der Waals surface area (Å²) in [6.45, 7) is 0.704. The van der Waals surface area contributed by atoms with Crippen LogP contribution in [0.1, 0.15) is 13.8 Å². The van der Waals surface area contributed by atoms with E-state index < -0.39 is 149 Å². The zero-order valence-corrected chi connectivity index (χ0v) is 25.6. The number of rotatable bonds is 11. The number of hydrogen-bond donors (Lipinski definition) is 13. The van der Waals surface area contributed by atoms with Crippen LogP contribution in [0.15, 0.2) is 0 Å². The molecule has 0 bridgehead atoms. The molecule has 0 aromatic heterocycles. The minimum atomic E-state index is -1.90. The van der Waals surface area contributed by atoms with Gasteiger partial charge in [-0.15, -0.1) is 0 Å². The number of hydrogen-bond acceptors (Lipinski definition) is 20. The van der Waals surface area contributed by atoms with Crippen LogP contribution in [-0.4, -0.2) is 215 Å². The Hall–Kier alpha value is -0.800. The summed E-state index contributed by atoms with van der Waals surface area (Å²) in [5, 5.41) is 133. The highest BCUT2D eigenvalue weighted by molar-refractivity contribution is 4.96. The molecule has 47 heavy (non-hydrogen) atoms. The average Bonchev–Trinajstić information content (AvgIpc) is 3.05. The van der Waals surface area contributed by atoms with Crippen LogP contribution < -0.4 is 0 Å². The van der Waals surface area contributed by atoms with Gasteiger partial charge in [0, 0.05) is 0 Å². The molecule has 4 aliphatic heterocycles. The first-order valence-electron chi connectivity index (χ1n) is 15.3. The van der Waals surface area contributed by atoms with Gasteiger partial charge < -0.3 is 99.5 Å². The largest absolute Gasteiger partial charge is 0.394 e. The molecule has 4 aliphatic rings. The molecule has 4 heterocycles. The fourth-order valence-corrected chi connectivity index (χ4v) is 5.91. The van der Waals surface area contributed by atoms with E-state index in [-0.39, 0.29) is 5.92 Å². The van der Waals surface area contributed by atoms with Crippen molar-refractivity contribution in [2.75, 3.05) is 26.4 Å². The molecule has 20 atom stereocenters. The quantitative estimate of drug-likeness (QED) is 0.0956. The van der Waals surface area contributed by atoms with E-state index in [1.54, 1.807) is 13.8 Å². The van der Waals surface area contributed by atoms with Crippen LogP contribution in [0.5, 0.6) is 0 Å². The molecule has 4 fully saturated rings. The van der Waals surface area contributed by atoms with E-state index in [0.717, 1.165) is 0 Å². The van der Waals surface area contributed by atoms with E-state index in [9.17, 15) is 66.4 Å². The van der Waals surface area contributed by atoms with Gasteiger partial charge in [-0.25, -0.2) is 0 Å². The highest BCUT2D eigenvalue weighted by Crippen LogP contribution is 2.32. The summed E-state index contributed by atoms with van der Waals surface area (Å²) in [7, 11) is 0. The van der Waals surface area contributed by atoms with Crippen molar-refractivity contribution in [3.63, 3.8) is 0 Å². The molecule has 4 rings (SSSR count). The zero-order chi connectivity index (χ0) is 34.9. The third-order valence-electron chi connectivity index (χ3n) is 8.89. The number of aliphatic hydroxyl groups is 13. The van der Waals surface area contributed by atoms with E-state index in [1.807, 2.05) is 0 Å². The second-order valence-corrected chi connectivity index (χ2v) is 12.5. The van der Waals surface area contributed by atoms with E-state index >= 15 is 0 Å². The van der Waals surface area contributed by atoms with Crippen LogP contribution >= 0.6 is 0 Å². The highest BCUT2D eigenvalue weighted by atomic mass is 16.8. The van der Waals surface area contributed by atoms with Crippen molar-refractivity contribution in [1.29, 1.82) is 0 Å². The molecular formula is C27H48O20. The summed E-state index contributed by atoms with van der Waals surface area (Å²) in [5.41, 5.74) is 0. The van der Waals surface area contributed by atoms with Gasteiger partial charge in [0.25, 0.3) is 0 Å². The van der Waals surface area contributed by atoms with Crippen molar-refractivity contribution >= 4 is 0 Å². The highest BCUT2D eigenvalue weighted by Gasteiger charge is 2.52. The standard InChI is InChI=1S/C27H48O20/c1-7(2)23-20(38)16(34)14(32)10(43-23)5-41-25-21(39)18(36)15(33)11(46-25)6-42-27-24(19(37)13(31)9(4-29)45-27)47-26-22(40)17(35)12(30)8(3-28)44-26/h7-40H,3-6H2,1-2H3/t8?,9?,10?,11?,12-,13-,14-,15-,16+,17+,18+,19+,20?,21?,22?,23-,24?,25+,26-,27+/m1/s1. The monoisotopic (exact) mass is 692 g/mol. The van der Waals surface area contributed by atoms with Crippen LogP contribution in [0.25, 0.3) is 0 Å². The van der Waals surface area contributed by atoms with Crippen molar-refractivity contribution in [1.82, 2.24) is 0 Å². The Labute approximate surface area is 268 Å². The Kier molecular flexibility index (Phi) is 13.7. The molecule has 0 saturated carbocycles. The first-order chi connectivity index (χ1) is 22.1. The van der Waals surface area contributed by atoms with Gasteiger partial charge >= 0.3 is 0 Å². The Balaban J connectivity index is 1.43. The van der Waals surface area contributed by atoms with Crippen LogP contribution in [0.4, 0.5) is 0 Å². The van der Waals surface area contributed by atoms with E-state index in [1.165, 1.54) is 0 Å². The lowest BCUT2D eigenvalue weighted by molar-refractivity contribution is -0.373. The third-order valence-corrected chi connectivity index (χ3v) is 8.89. The molecule has 0 aliphatic carbocycles. The number of aliphatic hydroxyl groups excluding tert-OH is 13. The molecule has 0 amide bonds. The fourth-order valence-electron chi connectivity index (χ4n) is 5.91. The Morgan fingerprint density at radius 1 is 0.447 bits per heavy atom. The van der Waals surface area contributed by atoms with Crippen molar-refractivity contribution in [2.24, 2.45) is 5.92 Å². The summed E-state index contributed by atoms with van der Waals surface area (Å²) >= 11 is 0. The summed E-state index contributed by atoms with van der Waals surface area (Å²) in [4.78, 5) is 0. The summed E-state index contributed by atoms with van der Waals surface area (Å²) < 4.78 is 38.9. The smallest absolute Gasteiger partial charge is 0.187 e. The molecule has 4 saturated heterocycles. The van der Waals surface area contributed by atoms with Gasteiger partial charge in [-0.1, -0.05) is 13.8 Å². The van der Waals surface area contributed by atoms with E-state index in [0.29, 0.717) is 0 Å². The van der Waals surface area contributed by atoms with Gasteiger partial charge in [-0.05, 0) is 5.92 Å². The molecule has 20 nitrogen and oxygen atoms in total. The summed E-state index contributed by atoms with van der Waals surface area (Å²) in [6.07, 6.45) is -32.3. The Bertz CT molecular complexity index is 961. The van der Waals surface area contributed by atoms with Crippen molar-refractivity contribution in [2.45, 2.75) is 136 Å². The second-order valence-electron chi connectivity index (χ2n) is 12.5. The average molecular weight is 693 g/mol. The molecule has 0 spiro atoms. The van der Waals surface area contributed by atoms with Gasteiger partial charge in [-0.3, -0.25) is 0 Å². The van der Waals surface area contributed by atoms with Gasteiger partial charge in [0.1, 0.15) is 97.7 Å². The molecule has 0 aromatic rings. The molecule has 0 radical (unpaired) electrons.